The van der Waals surface area contributed by atoms with Crippen molar-refractivity contribution >= 4 is 13.7 Å². The topological polar surface area (TPSA) is 105 Å². The average molecular weight is 938 g/mol. The average Bonchev–Trinajstić information content (AvgIpc) is 3.26. The summed E-state index contributed by atoms with van der Waals surface area (Å²) in [5.74, 6) is -0.189. The lowest BCUT2D eigenvalue weighted by molar-refractivity contribution is -0.870. The van der Waals surface area contributed by atoms with E-state index in [2.05, 4.69) is 43.5 Å². The molecule has 0 heterocycles. The number of carbonyl (C=O) groups is 1. The number of quaternary nitrogens is 1. The van der Waals surface area contributed by atoms with Crippen molar-refractivity contribution in [1.29, 1.82) is 0 Å². The molecule has 65 heavy (non-hydrogen) atoms. The van der Waals surface area contributed by atoms with Crippen LogP contribution in [0, 0.1) is 0 Å². The van der Waals surface area contributed by atoms with Gasteiger partial charge in [0.05, 0.1) is 39.9 Å². The number of rotatable bonds is 51. The van der Waals surface area contributed by atoms with E-state index in [9.17, 15) is 19.4 Å². The standard InChI is InChI=1S/C56H109N2O6P/c1-6-8-10-12-14-16-18-20-22-23-24-25-26-27-28-29-30-31-32-33-34-36-37-39-41-43-45-47-49-55(59)54(53-64-65(61,62)63-52-51-58(3,4)5)57-56(60)50-48-46-44-42-40-38-35-21-19-17-15-13-11-9-7-2/h15,17,21,35,47,49,54-55,59H,6-14,16,18-20,22-34,36-46,48,50-53H2,1-5H3,(H-,57,60,61,62)/p+1/b17-15-,35-21-,49-47+. The van der Waals surface area contributed by atoms with Crippen molar-refractivity contribution in [3.63, 3.8) is 0 Å². The third kappa shape index (κ3) is 50.4. The number of nitrogens with zero attached hydrogens (tertiary/aromatic N) is 1. The molecule has 1 amide bonds. The van der Waals surface area contributed by atoms with Crippen LogP contribution in [-0.2, 0) is 18.4 Å². The second-order valence-electron chi connectivity index (χ2n) is 20.3. The van der Waals surface area contributed by atoms with Gasteiger partial charge in [0.1, 0.15) is 13.2 Å². The summed E-state index contributed by atoms with van der Waals surface area (Å²) in [6, 6.07) is -0.854. The molecule has 0 bridgehead atoms. The Hall–Kier alpha value is -1.28. The third-order valence-corrected chi connectivity index (χ3v) is 13.6. The third-order valence-electron chi connectivity index (χ3n) is 12.6. The zero-order valence-corrected chi connectivity index (χ0v) is 44.6. The van der Waals surface area contributed by atoms with Gasteiger partial charge in [0.2, 0.25) is 5.91 Å². The Morgan fingerprint density at radius 2 is 0.877 bits per heavy atom. The van der Waals surface area contributed by atoms with Gasteiger partial charge in [-0.25, -0.2) is 4.57 Å². The molecule has 0 fully saturated rings. The number of nitrogens with one attached hydrogen (secondary N) is 1. The SMILES string of the molecule is CCCCC/C=C\C/C=C\CCCCCCCC(=O)NC(COP(=O)(O)OCC[N+](C)(C)C)C(O)/C=C/CCCCCCCCCCCCCCCCCCCCCCCCCCCC. The van der Waals surface area contributed by atoms with Crippen LogP contribution >= 0.6 is 7.82 Å². The highest BCUT2D eigenvalue weighted by Gasteiger charge is 2.27. The molecule has 0 aromatic rings. The van der Waals surface area contributed by atoms with E-state index in [4.69, 9.17) is 9.05 Å². The fraction of sp³-hybridized carbons (Fsp3) is 0.875. The summed E-state index contributed by atoms with van der Waals surface area (Å²) >= 11 is 0. The maximum atomic E-state index is 12.9. The van der Waals surface area contributed by atoms with Gasteiger partial charge in [-0.05, 0) is 51.4 Å². The molecule has 0 radical (unpaired) electrons. The number of amides is 1. The van der Waals surface area contributed by atoms with Crippen LogP contribution in [0.5, 0.6) is 0 Å². The molecule has 0 aliphatic rings. The lowest BCUT2D eigenvalue weighted by Gasteiger charge is -2.25. The first kappa shape index (κ1) is 63.7. The number of phosphoric ester groups is 1. The normalized spacial score (nSPS) is 14.3. The minimum atomic E-state index is -4.35. The molecule has 0 aromatic heterocycles. The summed E-state index contributed by atoms with van der Waals surface area (Å²) in [6.07, 6.45) is 61.0. The van der Waals surface area contributed by atoms with Crippen molar-refractivity contribution in [2.45, 2.75) is 276 Å². The van der Waals surface area contributed by atoms with Crippen molar-refractivity contribution in [2.24, 2.45) is 0 Å². The second-order valence-corrected chi connectivity index (χ2v) is 21.8. The molecule has 0 spiro atoms. The number of aliphatic hydroxyl groups is 1. The summed E-state index contributed by atoms with van der Waals surface area (Å²) < 4.78 is 23.7. The van der Waals surface area contributed by atoms with E-state index in [-0.39, 0.29) is 19.1 Å². The number of likely N-dealkylation sites (N-methyl/N-ethyl adjacent to an activating group) is 1. The van der Waals surface area contributed by atoms with Gasteiger partial charge in [-0.1, -0.05) is 243 Å². The van der Waals surface area contributed by atoms with Crippen LogP contribution in [-0.4, -0.2) is 73.4 Å². The Kier molecular flexibility index (Phi) is 46.8. The first-order chi connectivity index (χ1) is 31.5. The largest absolute Gasteiger partial charge is 0.472 e. The highest BCUT2D eigenvalue weighted by atomic mass is 31.2. The van der Waals surface area contributed by atoms with Gasteiger partial charge in [0.25, 0.3) is 0 Å². The lowest BCUT2D eigenvalue weighted by Crippen LogP contribution is -2.45. The number of aliphatic hydroxyl groups excluding tert-OH is 1. The molecular formula is C56H110N2O6P+. The van der Waals surface area contributed by atoms with Gasteiger partial charge in [-0.15, -0.1) is 0 Å². The monoisotopic (exact) mass is 938 g/mol. The molecule has 0 saturated carbocycles. The number of hydrogen-bond acceptors (Lipinski definition) is 5. The minimum Gasteiger partial charge on any atom is -0.387 e. The van der Waals surface area contributed by atoms with E-state index in [1.807, 2.05) is 27.2 Å². The molecule has 0 aliphatic carbocycles. The lowest BCUT2D eigenvalue weighted by atomic mass is 10.0. The molecule has 0 rings (SSSR count). The molecule has 384 valence electrons. The molecule has 0 aliphatic heterocycles. The van der Waals surface area contributed by atoms with Crippen LogP contribution in [0.2, 0.25) is 0 Å². The van der Waals surface area contributed by atoms with Crippen molar-refractivity contribution in [3.8, 4) is 0 Å². The fourth-order valence-electron chi connectivity index (χ4n) is 8.19. The number of carbonyl (C=O) groups excluding carboxylic acids is 1. The van der Waals surface area contributed by atoms with Crippen LogP contribution in [0.15, 0.2) is 36.5 Å². The highest BCUT2D eigenvalue weighted by molar-refractivity contribution is 7.47. The minimum absolute atomic E-state index is 0.0587. The van der Waals surface area contributed by atoms with Crippen LogP contribution in [0.1, 0.15) is 264 Å². The van der Waals surface area contributed by atoms with E-state index in [1.54, 1.807) is 6.08 Å². The Morgan fingerprint density at radius 1 is 0.523 bits per heavy atom. The molecule has 3 atom stereocenters. The van der Waals surface area contributed by atoms with Crippen LogP contribution < -0.4 is 5.32 Å². The van der Waals surface area contributed by atoms with E-state index in [0.717, 1.165) is 64.2 Å². The van der Waals surface area contributed by atoms with E-state index < -0.39 is 20.0 Å². The number of hydrogen-bond donors (Lipinski definition) is 3. The van der Waals surface area contributed by atoms with Gasteiger partial charge in [-0.2, -0.15) is 0 Å². The Labute approximate surface area is 404 Å². The zero-order valence-electron chi connectivity index (χ0n) is 43.7. The highest BCUT2D eigenvalue weighted by Crippen LogP contribution is 2.43. The van der Waals surface area contributed by atoms with E-state index >= 15 is 0 Å². The Morgan fingerprint density at radius 3 is 1.29 bits per heavy atom. The van der Waals surface area contributed by atoms with Gasteiger partial charge < -0.3 is 19.8 Å². The van der Waals surface area contributed by atoms with Gasteiger partial charge in [0.15, 0.2) is 0 Å². The van der Waals surface area contributed by atoms with Gasteiger partial charge in [-0.3, -0.25) is 13.8 Å². The number of phosphoric acid groups is 1. The molecule has 8 nitrogen and oxygen atoms in total. The summed E-state index contributed by atoms with van der Waals surface area (Å²) in [6.45, 7) is 4.80. The maximum Gasteiger partial charge on any atom is 0.472 e. The summed E-state index contributed by atoms with van der Waals surface area (Å²) in [7, 11) is 1.57. The summed E-state index contributed by atoms with van der Waals surface area (Å²) in [5.41, 5.74) is 0. The smallest absolute Gasteiger partial charge is 0.387 e. The molecule has 9 heteroatoms. The van der Waals surface area contributed by atoms with Crippen molar-refractivity contribution in [2.75, 3.05) is 40.9 Å². The van der Waals surface area contributed by atoms with Gasteiger partial charge >= 0.3 is 7.82 Å². The molecule has 0 saturated heterocycles. The number of unbranched alkanes of at least 4 members (excludes halogenated alkanes) is 34. The van der Waals surface area contributed by atoms with Crippen LogP contribution in [0.3, 0.4) is 0 Å². The molecule has 3 N–H and O–H groups in total. The summed E-state index contributed by atoms with van der Waals surface area (Å²) in [4.78, 5) is 23.2. The van der Waals surface area contributed by atoms with Crippen LogP contribution in [0.25, 0.3) is 0 Å². The fourth-order valence-corrected chi connectivity index (χ4v) is 8.93. The first-order valence-corrected chi connectivity index (χ1v) is 29.4. The zero-order chi connectivity index (χ0) is 47.8. The van der Waals surface area contributed by atoms with Crippen molar-refractivity contribution < 1.29 is 32.9 Å². The summed E-state index contributed by atoms with van der Waals surface area (Å²) in [5, 5.41) is 13.9. The quantitative estimate of drug-likeness (QED) is 0.0243. The molecular weight excluding hydrogens is 828 g/mol. The Balaban J connectivity index is 4.17. The number of allylic oxidation sites excluding steroid dienone is 5. The van der Waals surface area contributed by atoms with Crippen molar-refractivity contribution in [1.82, 2.24) is 5.32 Å². The van der Waals surface area contributed by atoms with E-state index in [0.29, 0.717) is 17.4 Å². The molecule has 3 unspecified atom stereocenters. The predicted molar refractivity (Wildman–Crippen MR) is 281 cm³/mol. The Bertz CT molecular complexity index is 1150. The molecule has 0 aromatic carbocycles. The maximum absolute atomic E-state index is 12.9. The van der Waals surface area contributed by atoms with Gasteiger partial charge in [0, 0.05) is 6.42 Å². The van der Waals surface area contributed by atoms with E-state index in [1.165, 1.54) is 180 Å². The second kappa shape index (κ2) is 47.8. The predicted octanol–water partition coefficient (Wildman–Crippen LogP) is 16.6. The van der Waals surface area contributed by atoms with Crippen LogP contribution in [0.4, 0.5) is 0 Å². The first-order valence-electron chi connectivity index (χ1n) is 27.9. The van der Waals surface area contributed by atoms with Crippen molar-refractivity contribution in [3.05, 3.63) is 36.5 Å².